The number of alkyl halides is 3. The lowest BCUT2D eigenvalue weighted by atomic mass is 9.95. The van der Waals surface area contributed by atoms with Gasteiger partial charge in [-0.05, 0) is 41.8 Å². The number of nitrogens with zero attached hydrogens (tertiary/aromatic N) is 2. The fourth-order valence-electron chi connectivity index (χ4n) is 3.46. The summed E-state index contributed by atoms with van der Waals surface area (Å²) >= 11 is 0. The second kappa shape index (κ2) is 8.11. The highest BCUT2D eigenvalue weighted by Crippen LogP contribution is 2.39. The zero-order valence-corrected chi connectivity index (χ0v) is 18.1. The van der Waals surface area contributed by atoms with E-state index in [1.54, 1.807) is 31.2 Å². The maximum absolute atomic E-state index is 13.9. The molecule has 5 nitrogen and oxygen atoms in total. The van der Waals surface area contributed by atoms with Crippen molar-refractivity contribution in [3.63, 3.8) is 0 Å². The third-order valence-electron chi connectivity index (χ3n) is 4.86. The average Bonchev–Trinajstić information content (AvgIpc) is 2.71. The monoisotopic (exact) mass is 476 g/mol. The van der Waals surface area contributed by atoms with Crippen LogP contribution in [0.5, 0.6) is 11.6 Å². The average molecular weight is 476 g/mol. The van der Waals surface area contributed by atoms with Gasteiger partial charge in [-0.3, -0.25) is 4.98 Å². The Balaban J connectivity index is 1.81. The van der Waals surface area contributed by atoms with Crippen molar-refractivity contribution in [1.82, 2.24) is 9.97 Å². The Morgan fingerprint density at radius 1 is 1.00 bits per heavy atom. The molecule has 2 aromatic carbocycles. The summed E-state index contributed by atoms with van der Waals surface area (Å²) in [6.45, 7) is 1.72. The zero-order valence-electron chi connectivity index (χ0n) is 17.3. The molecule has 2 aromatic heterocycles. The number of aryl methyl sites for hydroxylation is 1. The molecule has 0 saturated heterocycles. The van der Waals surface area contributed by atoms with E-state index in [4.69, 9.17) is 4.74 Å². The molecule has 33 heavy (non-hydrogen) atoms. The molecule has 0 atom stereocenters. The first-order chi connectivity index (χ1) is 15.4. The minimum Gasteiger partial charge on any atom is -0.439 e. The highest BCUT2D eigenvalue weighted by molar-refractivity contribution is 7.90. The largest absolute Gasteiger partial charge is 0.439 e. The van der Waals surface area contributed by atoms with Crippen LogP contribution in [-0.2, 0) is 16.0 Å². The van der Waals surface area contributed by atoms with Crippen molar-refractivity contribution in [2.75, 3.05) is 6.26 Å². The van der Waals surface area contributed by atoms with Crippen LogP contribution in [0.25, 0.3) is 22.0 Å². The molecule has 0 aliphatic heterocycles. The van der Waals surface area contributed by atoms with Crippen molar-refractivity contribution in [1.29, 1.82) is 0 Å². The van der Waals surface area contributed by atoms with Gasteiger partial charge in [0.15, 0.2) is 14.9 Å². The van der Waals surface area contributed by atoms with Gasteiger partial charge in [-0.25, -0.2) is 17.8 Å². The third-order valence-corrected chi connectivity index (χ3v) is 5.83. The van der Waals surface area contributed by atoms with E-state index in [1.807, 2.05) is 0 Å². The molecular weight excluding hydrogens is 460 g/mol. The van der Waals surface area contributed by atoms with Crippen molar-refractivity contribution < 1.29 is 30.7 Å². The predicted octanol–water partition coefficient (Wildman–Crippen LogP) is 5.96. The number of hydrogen-bond donors (Lipinski definition) is 0. The van der Waals surface area contributed by atoms with Gasteiger partial charge in [0.25, 0.3) is 0 Å². The van der Waals surface area contributed by atoms with Gasteiger partial charge in [0.05, 0.1) is 11.1 Å². The highest BCUT2D eigenvalue weighted by Gasteiger charge is 2.33. The Kier molecular flexibility index (Phi) is 5.57. The first-order valence-corrected chi connectivity index (χ1v) is 11.4. The standard InChI is InChI=1S/C23H16F4N2O3S/c1-13-12-28-22-17(7-4-8-18(22)23(25,26)27)21(13)14-5-3-6-16(9-14)32-19-10-15(24)11-20(29-19)33(2,30)31/h3-12H,1-2H3. The number of hydrogen-bond acceptors (Lipinski definition) is 5. The molecule has 170 valence electrons. The first-order valence-electron chi connectivity index (χ1n) is 9.55. The van der Waals surface area contributed by atoms with Gasteiger partial charge >= 0.3 is 6.18 Å². The number of ether oxygens (including phenoxy) is 1. The lowest BCUT2D eigenvalue weighted by Gasteiger charge is -2.15. The number of halogens is 4. The minimum absolute atomic E-state index is 0.179. The number of para-hydroxylation sites is 1. The molecular formula is C23H16F4N2O3S. The van der Waals surface area contributed by atoms with Gasteiger partial charge in [0, 0.05) is 30.0 Å². The molecule has 0 amide bonds. The van der Waals surface area contributed by atoms with Crippen molar-refractivity contribution in [2.45, 2.75) is 18.1 Å². The Morgan fingerprint density at radius 3 is 2.42 bits per heavy atom. The van der Waals surface area contributed by atoms with Crippen molar-refractivity contribution >= 4 is 20.7 Å². The molecule has 2 heterocycles. The summed E-state index contributed by atoms with van der Waals surface area (Å²) in [5, 5.41) is -0.172. The Morgan fingerprint density at radius 2 is 1.73 bits per heavy atom. The number of aromatic nitrogens is 2. The molecule has 0 fully saturated rings. The van der Waals surface area contributed by atoms with Gasteiger partial charge in [-0.1, -0.05) is 24.3 Å². The van der Waals surface area contributed by atoms with Crippen LogP contribution in [0.1, 0.15) is 11.1 Å². The van der Waals surface area contributed by atoms with E-state index in [0.29, 0.717) is 22.1 Å². The molecule has 0 N–H and O–H groups in total. The fraction of sp³-hybridized carbons (Fsp3) is 0.130. The molecule has 4 rings (SSSR count). The molecule has 0 radical (unpaired) electrons. The molecule has 0 saturated carbocycles. The van der Waals surface area contributed by atoms with E-state index in [2.05, 4.69) is 9.97 Å². The first kappa shape index (κ1) is 22.7. The summed E-state index contributed by atoms with van der Waals surface area (Å²) in [5.41, 5.74) is 0.687. The van der Waals surface area contributed by atoms with Crippen LogP contribution in [0.2, 0.25) is 0 Å². The predicted molar refractivity (Wildman–Crippen MR) is 114 cm³/mol. The lowest BCUT2D eigenvalue weighted by Crippen LogP contribution is -2.07. The van der Waals surface area contributed by atoms with E-state index >= 15 is 0 Å². The van der Waals surface area contributed by atoms with Crippen molar-refractivity contribution in [3.05, 3.63) is 77.7 Å². The van der Waals surface area contributed by atoms with Crippen LogP contribution >= 0.6 is 0 Å². The SMILES string of the molecule is Cc1cnc2c(C(F)(F)F)cccc2c1-c1cccc(Oc2cc(F)cc(S(C)(=O)=O)n2)c1. The van der Waals surface area contributed by atoms with Gasteiger partial charge in [0.1, 0.15) is 11.6 Å². The number of benzene rings is 2. The van der Waals surface area contributed by atoms with Crippen LogP contribution in [-0.4, -0.2) is 24.6 Å². The van der Waals surface area contributed by atoms with E-state index in [1.165, 1.54) is 18.3 Å². The minimum atomic E-state index is -4.57. The van der Waals surface area contributed by atoms with Gasteiger partial charge in [-0.15, -0.1) is 0 Å². The number of rotatable bonds is 4. The smallest absolute Gasteiger partial charge is 0.418 e. The summed E-state index contributed by atoms with van der Waals surface area (Å²) in [5.74, 6) is -0.920. The second-order valence-electron chi connectivity index (χ2n) is 7.38. The maximum Gasteiger partial charge on any atom is 0.418 e. The summed E-state index contributed by atoms with van der Waals surface area (Å²) in [4.78, 5) is 7.83. The topological polar surface area (TPSA) is 69.2 Å². The molecule has 0 spiro atoms. The molecule has 0 aliphatic carbocycles. The maximum atomic E-state index is 13.9. The Bertz CT molecular complexity index is 1490. The number of pyridine rings is 2. The zero-order chi connectivity index (χ0) is 24.0. The summed E-state index contributed by atoms with van der Waals surface area (Å²) in [6, 6.07) is 12.0. The summed E-state index contributed by atoms with van der Waals surface area (Å²) in [7, 11) is -3.77. The third kappa shape index (κ3) is 4.65. The fourth-order valence-corrected chi connectivity index (χ4v) is 4.05. The Hall–Kier alpha value is -3.53. The molecule has 10 heteroatoms. The Labute approximate surface area is 186 Å². The van der Waals surface area contributed by atoms with Crippen LogP contribution in [0.4, 0.5) is 17.6 Å². The molecule has 4 aromatic rings. The van der Waals surface area contributed by atoms with Gasteiger partial charge in [0.2, 0.25) is 5.88 Å². The van der Waals surface area contributed by atoms with Gasteiger partial charge < -0.3 is 4.74 Å². The van der Waals surface area contributed by atoms with Crippen LogP contribution in [0.3, 0.4) is 0 Å². The van der Waals surface area contributed by atoms with E-state index in [0.717, 1.165) is 24.5 Å². The normalized spacial score (nSPS) is 12.2. The van der Waals surface area contributed by atoms with E-state index in [-0.39, 0.29) is 17.1 Å². The van der Waals surface area contributed by atoms with E-state index < -0.39 is 32.4 Å². The molecule has 0 aliphatic rings. The summed E-state index contributed by atoms with van der Waals surface area (Å²) < 4.78 is 83.3. The van der Waals surface area contributed by atoms with Crippen LogP contribution in [0.15, 0.2) is 65.8 Å². The summed E-state index contributed by atoms with van der Waals surface area (Å²) in [6.07, 6.45) is -2.30. The van der Waals surface area contributed by atoms with Crippen molar-refractivity contribution in [2.24, 2.45) is 0 Å². The van der Waals surface area contributed by atoms with Crippen LogP contribution in [0, 0.1) is 12.7 Å². The van der Waals surface area contributed by atoms with Gasteiger partial charge in [-0.2, -0.15) is 13.2 Å². The molecule has 0 bridgehead atoms. The van der Waals surface area contributed by atoms with Crippen LogP contribution < -0.4 is 4.74 Å². The number of fused-ring (bicyclic) bond motifs is 1. The highest BCUT2D eigenvalue weighted by atomic mass is 32.2. The molecule has 0 unspecified atom stereocenters. The lowest BCUT2D eigenvalue weighted by molar-refractivity contribution is -0.136. The quantitative estimate of drug-likeness (QED) is 0.340. The van der Waals surface area contributed by atoms with Crippen molar-refractivity contribution in [3.8, 4) is 22.8 Å². The second-order valence-corrected chi connectivity index (χ2v) is 9.34. The number of sulfone groups is 1. The van der Waals surface area contributed by atoms with E-state index in [9.17, 15) is 26.0 Å².